The molecule has 0 bridgehead atoms. The van der Waals surface area contributed by atoms with Crippen molar-refractivity contribution in [1.82, 2.24) is 14.9 Å². The van der Waals surface area contributed by atoms with Crippen molar-refractivity contribution in [2.75, 3.05) is 13.1 Å². The van der Waals surface area contributed by atoms with E-state index >= 15 is 0 Å². The zero-order chi connectivity index (χ0) is 15.6. The summed E-state index contributed by atoms with van der Waals surface area (Å²) in [5.74, 6) is 0. The van der Waals surface area contributed by atoms with Gasteiger partial charge in [-0.2, -0.15) is 0 Å². The van der Waals surface area contributed by atoms with Gasteiger partial charge in [-0.05, 0) is 63.2 Å². The molecule has 2 aromatic heterocycles. The molecule has 23 heavy (non-hydrogen) atoms. The van der Waals surface area contributed by atoms with Crippen LogP contribution < -0.4 is 0 Å². The molecule has 3 heteroatoms. The van der Waals surface area contributed by atoms with Gasteiger partial charge in [-0.1, -0.05) is 18.6 Å². The van der Waals surface area contributed by atoms with Crippen LogP contribution in [0.15, 0.2) is 42.5 Å². The molecule has 4 rings (SSSR count). The Morgan fingerprint density at radius 2 is 1.91 bits per heavy atom. The van der Waals surface area contributed by atoms with Gasteiger partial charge in [-0.15, -0.1) is 0 Å². The molecule has 0 radical (unpaired) electrons. The average molecular weight is 305 g/mol. The van der Waals surface area contributed by atoms with Crippen LogP contribution in [0.3, 0.4) is 0 Å². The minimum Gasteiger partial charge on any atom is -0.359 e. The van der Waals surface area contributed by atoms with Gasteiger partial charge in [-0.3, -0.25) is 9.88 Å². The molecule has 1 aromatic carbocycles. The fourth-order valence-corrected chi connectivity index (χ4v) is 3.51. The summed E-state index contributed by atoms with van der Waals surface area (Å²) in [5, 5.41) is 1.25. The van der Waals surface area contributed by atoms with Crippen LogP contribution in [0.25, 0.3) is 22.2 Å². The Hall–Kier alpha value is -2.13. The second kappa shape index (κ2) is 6.17. The maximum absolute atomic E-state index is 4.90. The summed E-state index contributed by atoms with van der Waals surface area (Å²) in [4.78, 5) is 10.8. The van der Waals surface area contributed by atoms with Gasteiger partial charge in [0.15, 0.2) is 0 Å². The van der Waals surface area contributed by atoms with Crippen LogP contribution in [0.4, 0.5) is 0 Å². The Kier molecular flexibility index (Phi) is 3.88. The van der Waals surface area contributed by atoms with E-state index in [1.54, 1.807) is 0 Å². The van der Waals surface area contributed by atoms with Gasteiger partial charge in [0.05, 0.1) is 11.4 Å². The minimum atomic E-state index is 0.972. The van der Waals surface area contributed by atoms with E-state index in [9.17, 15) is 0 Å². The summed E-state index contributed by atoms with van der Waals surface area (Å²) < 4.78 is 0. The number of aromatic amines is 1. The molecule has 3 aromatic rings. The number of pyridine rings is 1. The molecule has 1 aliphatic heterocycles. The maximum atomic E-state index is 4.90. The highest BCUT2D eigenvalue weighted by atomic mass is 15.1. The zero-order valence-electron chi connectivity index (χ0n) is 13.7. The molecule has 0 aliphatic carbocycles. The van der Waals surface area contributed by atoms with Crippen LogP contribution in [0.2, 0.25) is 0 Å². The Bertz CT molecular complexity index is 813. The van der Waals surface area contributed by atoms with Crippen molar-refractivity contribution in [3.63, 3.8) is 0 Å². The van der Waals surface area contributed by atoms with E-state index in [-0.39, 0.29) is 0 Å². The number of fused-ring (bicyclic) bond motifs is 1. The number of aromatic nitrogens is 2. The quantitative estimate of drug-likeness (QED) is 0.771. The number of piperidine rings is 1. The minimum absolute atomic E-state index is 0.972. The smallest absolute Gasteiger partial charge is 0.0706 e. The predicted molar refractivity (Wildman–Crippen MR) is 95.4 cm³/mol. The molecule has 0 amide bonds. The van der Waals surface area contributed by atoms with Gasteiger partial charge >= 0.3 is 0 Å². The number of nitrogens with one attached hydrogen (secondary N) is 1. The third-order valence-corrected chi connectivity index (χ3v) is 4.69. The number of benzene rings is 1. The molecule has 0 unspecified atom stereocenters. The molecule has 3 nitrogen and oxygen atoms in total. The molecule has 0 atom stereocenters. The molecule has 0 saturated carbocycles. The first kappa shape index (κ1) is 14.5. The van der Waals surface area contributed by atoms with Crippen molar-refractivity contribution in [2.24, 2.45) is 0 Å². The van der Waals surface area contributed by atoms with E-state index in [1.165, 1.54) is 60.2 Å². The van der Waals surface area contributed by atoms with Gasteiger partial charge in [0.25, 0.3) is 0 Å². The molecular weight excluding hydrogens is 282 g/mol. The molecule has 1 saturated heterocycles. The first-order valence-corrected chi connectivity index (χ1v) is 8.56. The largest absolute Gasteiger partial charge is 0.359 e. The van der Waals surface area contributed by atoms with Gasteiger partial charge in [0, 0.05) is 28.7 Å². The number of aryl methyl sites for hydroxylation is 1. The summed E-state index contributed by atoms with van der Waals surface area (Å²) in [6, 6.07) is 15.1. The summed E-state index contributed by atoms with van der Waals surface area (Å²) >= 11 is 0. The highest BCUT2D eigenvalue weighted by Crippen LogP contribution is 2.24. The van der Waals surface area contributed by atoms with E-state index in [2.05, 4.69) is 59.3 Å². The lowest BCUT2D eigenvalue weighted by Crippen LogP contribution is -2.29. The molecule has 3 heterocycles. The summed E-state index contributed by atoms with van der Waals surface area (Å²) in [7, 11) is 0. The van der Waals surface area contributed by atoms with Gasteiger partial charge in [0.2, 0.25) is 0 Å². The number of hydrogen-bond donors (Lipinski definition) is 1. The monoisotopic (exact) mass is 305 g/mol. The Balaban J connectivity index is 1.60. The number of likely N-dealkylation sites (tertiary alicyclic amines) is 1. The standard InChI is InChI=1S/C20H23N3/c1-15-12-17-13-16(8-9-20(17)21-15)19-7-5-6-18(22-19)14-23-10-3-2-4-11-23/h5-9,12-13,21H,2-4,10-11,14H2,1H3. The van der Waals surface area contributed by atoms with E-state index in [4.69, 9.17) is 4.98 Å². The van der Waals surface area contributed by atoms with Crippen LogP contribution in [-0.2, 0) is 6.54 Å². The van der Waals surface area contributed by atoms with Gasteiger partial charge in [0.1, 0.15) is 0 Å². The summed E-state index contributed by atoms with van der Waals surface area (Å²) in [6.45, 7) is 5.48. The first-order chi connectivity index (χ1) is 11.3. The van der Waals surface area contributed by atoms with Gasteiger partial charge in [-0.25, -0.2) is 0 Å². The van der Waals surface area contributed by atoms with E-state index in [0.717, 1.165) is 12.2 Å². The molecule has 1 aliphatic rings. The summed E-state index contributed by atoms with van der Waals surface area (Å²) in [5.41, 5.74) is 5.83. The predicted octanol–water partition coefficient (Wildman–Crippen LogP) is 4.52. The third-order valence-electron chi connectivity index (χ3n) is 4.69. The van der Waals surface area contributed by atoms with Crippen molar-refractivity contribution in [3.8, 4) is 11.3 Å². The fourth-order valence-electron chi connectivity index (χ4n) is 3.51. The lowest BCUT2D eigenvalue weighted by Gasteiger charge is -2.26. The number of hydrogen-bond acceptors (Lipinski definition) is 2. The highest BCUT2D eigenvalue weighted by molar-refractivity contribution is 5.85. The number of rotatable bonds is 3. The Labute approximate surface area is 137 Å². The topological polar surface area (TPSA) is 31.9 Å². The lowest BCUT2D eigenvalue weighted by molar-refractivity contribution is 0.218. The van der Waals surface area contributed by atoms with E-state index in [1.807, 2.05) is 0 Å². The first-order valence-electron chi connectivity index (χ1n) is 8.56. The molecule has 118 valence electrons. The van der Waals surface area contributed by atoms with Crippen molar-refractivity contribution < 1.29 is 0 Å². The highest BCUT2D eigenvalue weighted by Gasteiger charge is 2.11. The second-order valence-electron chi connectivity index (χ2n) is 6.61. The molecule has 0 spiro atoms. The fraction of sp³-hybridized carbons (Fsp3) is 0.350. The maximum Gasteiger partial charge on any atom is 0.0706 e. The average Bonchev–Trinajstić information content (AvgIpc) is 2.95. The van der Waals surface area contributed by atoms with Crippen LogP contribution >= 0.6 is 0 Å². The van der Waals surface area contributed by atoms with E-state index < -0.39 is 0 Å². The van der Waals surface area contributed by atoms with Crippen LogP contribution in [-0.4, -0.2) is 28.0 Å². The van der Waals surface area contributed by atoms with Crippen molar-refractivity contribution in [2.45, 2.75) is 32.7 Å². The summed E-state index contributed by atoms with van der Waals surface area (Å²) in [6.07, 6.45) is 4.02. The van der Waals surface area contributed by atoms with Crippen molar-refractivity contribution in [3.05, 3.63) is 53.9 Å². The zero-order valence-corrected chi connectivity index (χ0v) is 13.7. The van der Waals surface area contributed by atoms with E-state index in [0.29, 0.717) is 0 Å². The second-order valence-corrected chi connectivity index (χ2v) is 6.61. The molecule has 1 fully saturated rings. The number of H-pyrrole nitrogens is 1. The third kappa shape index (κ3) is 3.15. The normalized spacial score (nSPS) is 16.0. The van der Waals surface area contributed by atoms with Crippen molar-refractivity contribution >= 4 is 10.9 Å². The van der Waals surface area contributed by atoms with Gasteiger partial charge < -0.3 is 4.98 Å². The van der Waals surface area contributed by atoms with Crippen LogP contribution in [0, 0.1) is 6.92 Å². The molecule has 1 N–H and O–H groups in total. The van der Waals surface area contributed by atoms with Crippen LogP contribution in [0.1, 0.15) is 30.7 Å². The van der Waals surface area contributed by atoms with Crippen molar-refractivity contribution in [1.29, 1.82) is 0 Å². The molecular formula is C20H23N3. The Morgan fingerprint density at radius 1 is 1.04 bits per heavy atom. The Morgan fingerprint density at radius 3 is 2.78 bits per heavy atom. The SMILES string of the molecule is Cc1cc2cc(-c3cccc(CN4CCCCC4)n3)ccc2[nH]1. The van der Waals surface area contributed by atoms with Crippen LogP contribution in [0.5, 0.6) is 0 Å². The number of nitrogens with zero attached hydrogens (tertiary/aromatic N) is 2. The lowest BCUT2D eigenvalue weighted by atomic mass is 10.1.